The molecule has 88 valence electrons. The Labute approximate surface area is 96.9 Å². The van der Waals surface area contributed by atoms with Crippen LogP contribution in [0.3, 0.4) is 0 Å². The van der Waals surface area contributed by atoms with Crippen molar-refractivity contribution in [2.75, 3.05) is 6.54 Å². The summed E-state index contributed by atoms with van der Waals surface area (Å²) in [7, 11) is -3.33. The van der Waals surface area contributed by atoms with E-state index in [1.54, 1.807) is 11.2 Å². The summed E-state index contributed by atoms with van der Waals surface area (Å²) in [5, 5.41) is -0.701. The topological polar surface area (TPSA) is 63.4 Å². The van der Waals surface area contributed by atoms with Crippen LogP contribution in [-0.4, -0.2) is 35.5 Å². The summed E-state index contributed by atoms with van der Waals surface area (Å²) in [5.74, 6) is 0. The largest absolute Gasteiger partial charge is 0.392 e. The highest BCUT2D eigenvalue weighted by atomic mass is 32.2. The van der Waals surface area contributed by atoms with Gasteiger partial charge in [-0.15, -0.1) is 0 Å². The number of sulfonamides is 1. The van der Waals surface area contributed by atoms with E-state index in [4.69, 9.17) is 18.0 Å². The standard InChI is InChI=1S/C9H18N2O2S2/c1-3-8(9(10)14)15(12,13)11(4-2)7-5-6-7/h7-8H,3-6H2,1-2H3,(H2,10,14). The first-order chi connectivity index (χ1) is 6.95. The zero-order valence-corrected chi connectivity index (χ0v) is 10.8. The van der Waals surface area contributed by atoms with E-state index in [9.17, 15) is 8.42 Å². The summed E-state index contributed by atoms with van der Waals surface area (Å²) in [4.78, 5) is 0.0802. The van der Waals surface area contributed by atoms with Crippen molar-refractivity contribution in [1.82, 2.24) is 4.31 Å². The molecule has 0 amide bonds. The highest BCUT2D eigenvalue weighted by Gasteiger charge is 2.40. The highest BCUT2D eigenvalue weighted by Crippen LogP contribution is 2.30. The molecule has 4 nitrogen and oxygen atoms in total. The first kappa shape index (κ1) is 12.9. The molecule has 1 fully saturated rings. The minimum atomic E-state index is -3.33. The number of thiocarbonyl (C=S) groups is 1. The van der Waals surface area contributed by atoms with Gasteiger partial charge in [-0.05, 0) is 19.3 Å². The number of hydrogen-bond donors (Lipinski definition) is 1. The molecular weight excluding hydrogens is 232 g/mol. The summed E-state index contributed by atoms with van der Waals surface area (Å²) in [6.45, 7) is 4.15. The van der Waals surface area contributed by atoms with Crippen LogP contribution in [-0.2, 0) is 10.0 Å². The first-order valence-corrected chi connectivity index (χ1v) is 7.16. The van der Waals surface area contributed by atoms with Crippen molar-refractivity contribution in [2.24, 2.45) is 5.73 Å². The molecule has 15 heavy (non-hydrogen) atoms. The van der Waals surface area contributed by atoms with Gasteiger partial charge in [0.2, 0.25) is 10.0 Å². The lowest BCUT2D eigenvalue weighted by Crippen LogP contribution is -2.45. The SMILES string of the molecule is CCC(C(N)=S)S(=O)(=O)N(CC)C1CC1. The molecule has 1 aliphatic carbocycles. The zero-order valence-electron chi connectivity index (χ0n) is 9.14. The highest BCUT2D eigenvalue weighted by molar-refractivity contribution is 7.92. The van der Waals surface area contributed by atoms with Crippen LogP contribution >= 0.6 is 12.2 Å². The summed E-state index contributed by atoms with van der Waals surface area (Å²) in [5.41, 5.74) is 5.47. The minimum absolute atomic E-state index is 0.0802. The Balaban J connectivity index is 2.92. The van der Waals surface area contributed by atoms with Crippen LogP contribution in [0.5, 0.6) is 0 Å². The fraction of sp³-hybridized carbons (Fsp3) is 0.889. The van der Waals surface area contributed by atoms with E-state index in [-0.39, 0.29) is 11.0 Å². The van der Waals surface area contributed by atoms with Crippen LogP contribution in [0.2, 0.25) is 0 Å². The lowest BCUT2D eigenvalue weighted by Gasteiger charge is -2.25. The third-order valence-electron chi connectivity index (χ3n) is 2.64. The van der Waals surface area contributed by atoms with E-state index in [2.05, 4.69) is 0 Å². The molecule has 0 aromatic heterocycles. The second kappa shape index (κ2) is 4.76. The Bertz CT molecular complexity index is 336. The van der Waals surface area contributed by atoms with Gasteiger partial charge in [0.15, 0.2) is 0 Å². The molecule has 6 heteroatoms. The fourth-order valence-corrected chi connectivity index (χ4v) is 4.29. The molecule has 0 aromatic carbocycles. The second-order valence-electron chi connectivity index (χ2n) is 3.78. The summed E-state index contributed by atoms with van der Waals surface area (Å²) in [6, 6.07) is 0.184. The first-order valence-electron chi connectivity index (χ1n) is 5.25. The van der Waals surface area contributed by atoms with Gasteiger partial charge >= 0.3 is 0 Å². The maximum Gasteiger partial charge on any atom is 0.223 e. The molecule has 0 bridgehead atoms. The summed E-state index contributed by atoms with van der Waals surface area (Å²) >= 11 is 4.81. The Morgan fingerprint density at radius 2 is 2.07 bits per heavy atom. The van der Waals surface area contributed by atoms with E-state index in [0.29, 0.717) is 13.0 Å². The summed E-state index contributed by atoms with van der Waals surface area (Å²) < 4.78 is 25.9. The van der Waals surface area contributed by atoms with Crippen molar-refractivity contribution in [3.05, 3.63) is 0 Å². The lowest BCUT2D eigenvalue weighted by atomic mass is 10.3. The number of rotatable bonds is 6. The molecule has 0 radical (unpaired) electrons. The summed E-state index contributed by atoms with van der Waals surface area (Å²) in [6.07, 6.45) is 2.36. The second-order valence-corrected chi connectivity index (χ2v) is 6.32. The number of nitrogens with zero attached hydrogens (tertiary/aromatic N) is 1. The van der Waals surface area contributed by atoms with Gasteiger partial charge in [0.05, 0.1) is 4.99 Å². The van der Waals surface area contributed by atoms with Gasteiger partial charge in [-0.3, -0.25) is 0 Å². The Hall–Kier alpha value is -0.200. The monoisotopic (exact) mass is 250 g/mol. The maximum atomic E-state index is 12.2. The van der Waals surface area contributed by atoms with Crippen LogP contribution in [0.15, 0.2) is 0 Å². The zero-order chi connectivity index (χ0) is 11.6. The maximum absolute atomic E-state index is 12.2. The number of hydrogen-bond acceptors (Lipinski definition) is 3. The fourth-order valence-electron chi connectivity index (χ4n) is 1.73. The third kappa shape index (κ3) is 2.68. The van der Waals surface area contributed by atoms with Crippen LogP contribution in [0.4, 0.5) is 0 Å². The van der Waals surface area contributed by atoms with Crippen LogP contribution in [0, 0.1) is 0 Å². The predicted molar refractivity (Wildman–Crippen MR) is 65.2 cm³/mol. The molecule has 0 spiro atoms. The van der Waals surface area contributed by atoms with E-state index in [1.165, 1.54) is 0 Å². The van der Waals surface area contributed by atoms with Crippen molar-refractivity contribution in [2.45, 2.75) is 44.4 Å². The van der Waals surface area contributed by atoms with Gasteiger partial charge in [-0.25, -0.2) is 8.42 Å². The van der Waals surface area contributed by atoms with Crippen molar-refractivity contribution in [1.29, 1.82) is 0 Å². The Kier molecular flexibility index (Phi) is 4.08. The van der Waals surface area contributed by atoms with Gasteiger partial charge in [0.1, 0.15) is 5.25 Å². The number of nitrogens with two attached hydrogens (primary N) is 1. The van der Waals surface area contributed by atoms with Crippen LogP contribution < -0.4 is 5.73 Å². The van der Waals surface area contributed by atoms with Crippen molar-refractivity contribution in [3.8, 4) is 0 Å². The van der Waals surface area contributed by atoms with E-state index in [0.717, 1.165) is 12.8 Å². The third-order valence-corrected chi connectivity index (χ3v) is 5.59. The van der Waals surface area contributed by atoms with Crippen molar-refractivity contribution >= 4 is 27.2 Å². The Morgan fingerprint density at radius 3 is 2.33 bits per heavy atom. The molecule has 1 atom stereocenters. The van der Waals surface area contributed by atoms with Crippen LogP contribution in [0.1, 0.15) is 33.1 Å². The minimum Gasteiger partial charge on any atom is -0.392 e. The lowest BCUT2D eigenvalue weighted by molar-refractivity contribution is 0.417. The molecule has 0 aromatic rings. The van der Waals surface area contributed by atoms with Gasteiger partial charge in [-0.2, -0.15) is 4.31 Å². The molecule has 2 N–H and O–H groups in total. The van der Waals surface area contributed by atoms with E-state index in [1.807, 2.05) is 6.92 Å². The van der Waals surface area contributed by atoms with Gasteiger partial charge < -0.3 is 5.73 Å². The van der Waals surface area contributed by atoms with Gasteiger partial charge in [-0.1, -0.05) is 26.1 Å². The molecule has 0 aliphatic heterocycles. The Morgan fingerprint density at radius 1 is 1.53 bits per heavy atom. The molecule has 1 rings (SSSR count). The molecule has 0 saturated heterocycles. The molecular formula is C9H18N2O2S2. The average molecular weight is 250 g/mol. The molecule has 1 saturated carbocycles. The van der Waals surface area contributed by atoms with Crippen LogP contribution in [0.25, 0.3) is 0 Å². The quantitative estimate of drug-likeness (QED) is 0.710. The van der Waals surface area contributed by atoms with Crippen molar-refractivity contribution < 1.29 is 8.42 Å². The van der Waals surface area contributed by atoms with Gasteiger partial charge in [0.25, 0.3) is 0 Å². The molecule has 1 unspecified atom stereocenters. The van der Waals surface area contributed by atoms with E-state index >= 15 is 0 Å². The molecule has 1 aliphatic rings. The molecule has 0 heterocycles. The smallest absolute Gasteiger partial charge is 0.223 e. The normalized spacial score (nSPS) is 19.1. The van der Waals surface area contributed by atoms with E-state index < -0.39 is 15.3 Å². The predicted octanol–water partition coefficient (Wildman–Crippen LogP) is 0.865. The van der Waals surface area contributed by atoms with Crippen molar-refractivity contribution in [3.63, 3.8) is 0 Å². The average Bonchev–Trinajstić information content (AvgIpc) is 2.88. The van der Waals surface area contributed by atoms with Gasteiger partial charge in [0, 0.05) is 12.6 Å².